The van der Waals surface area contributed by atoms with Crippen molar-refractivity contribution in [1.29, 1.82) is 5.26 Å². The number of aliphatic hydroxyl groups is 1. The summed E-state index contributed by atoms with van der Waals surface area (Å²) in [6.07, 6.45) is 5.70. The average Bonchev–Trinajstić information content (AvgIpc) is 2.57. The maximum absolute atomic E-state index is 10.4. The first-order valence-corrected chi connectivity index (χ1v) is 5.78. The highest BCUT2D eigenvalue weighted by atomic mass is 16.3. The van der Waals surface area contributed by atoms with Crippen molar-refractivity contribution >= 4 is 0 Å². The van der Waals surface area contributed by atoms with E-state index in [1.54, 1.807) is 0 Å². The monoisotopic (exact) mass is 195 g/mol. The van der Waals surface area contributed by atoms with Gasteiger partial charge in [0.15, 0.2) is 0 Å². The van der Waals surface area contributed by atoms with Crippen molar-refractivity contribution in [3.05, 3.63) is 0 Å². The van der Waals surface area contributed by atoms with E-state index in [0.717, 1.165) is 38.5 Å². The minimum atomic E-state index is -0.675. The molecule has 1 N–H and O–H groups in total. The van der Waals surface area contributed by atoms with Crippen molar-refractivity contribution in [1.82, 2.24) is 0 Å². The molecule has 1 aliphatic rings. The summed E-state index contributed by atoms with van der Waals surface area (Å²) in [5.41, 5.74) is -0.675. The molecule has 0 aromatic rings. The Hall–Kier alpha value is -0.550. The number of rotatable bonds is 4. The molecule has 1 rings (SSSR count). The highest BCUT2D eigenvalue weighted by molar-refractivity contribution is 5.02. The molecule has 0 bridgehead atoms. The van der Waals surface area contributed by atoms with Crippen LogP contribution in [0.4, 0.5) is 0 Å². The normalized spacial score (nSPS) is 34.0. The Morgan fingerprint density at radius 1 is 1.57 bits per heavy atom. The SMILES string of the molecule is CCCC(C#N)C1(O)CCC(CC)C1. The van der Waals surface area contributed by atoms with Gasteiger partial charge in [0.2, 0.25) is 0 Å². The lowest BCUT2D eigenvalue weighted by Gasteiger charge is -2.27. The van der Waals surface area contributed by atoms with Crippen LogP contribution in [0, 0.1) is 23.2 Å². The zero-order valence-corrected chi connectivity index (χ0v) is 9.29. The second kappa shape index (κ2) is 4.79. The van der Waals surface area contributed by atoms with Gasteiger partial charge in [0.25, 0.3) is 0 Å². The molecule has 0 heterocycles. The van der Waals surface area contributed by atoms with Crippen LogP contribution in [0.15, 0.2) is 0 Å². The van der Waals surface area contributed by atoms with Crippen LogP contribution < -0.4 is 0 Å². The van der Waals surface area contributed by atoms with E-state index in [-0.39, 0.29) is 5.92 Å². The molecule has 3 atom stereocenters. The smallest absolute Gasteiger partial charge is 0.0808 e. The van der Waals surface area contributed by atoms with Gasteiger partial charge in [0.05, 0.1) is 17.6 Å². The van der Waals surface area contributed by atoms with Crippen LogP contribution in [0.1, 0.15) is 52.4 Å². The molecule has 0 aliphatic heterocycles. The zero-order valence-electron chi connectivity index (χ0n) is 9.29. The molecule has 3 unspecified atom stereocenters. The predicted octanol–water partition coefficient (Wildman–Crippen LogP) is 2.87. The molecular formula is C12H21NO. The maximum atomic E-state index is 10.4. The summed E-state index contributed by atoms with van der Waals surface area (Å²) in [4.78, 5) is 0. The van der Waals surface area contributed by atoms with Crippen LogP contribution in [0.5, 0.6) is 0 Å². The third-order valence-corrected chi connectivity index (χ3v) is 3.59. The molecule has 1 aliphatic carbocycles. The fourth-order valence-corrected chi connectivity index (χ4v) is 2.57. The molecule has 0 saturated heterocycles. The summed E-state index contributed by atoms with van der Waals surface area (Å²) in [5, 5.41) is 19.4. The molecule has 0 radical (unpaired) electrons. The number of hydrogen-bond donors (Lipinski definition) is 1. The van der Waals surface area contributed by atoms with E-state index in [1.165, 1.54) is 0 Å². The van der Waals surface area contributed by atoms with Crippen molar-refractivity contribution in [3.8, 4) is 6.07 Å². The summed E-state index contributed by atoms with van der Waals surface area (Å²) in [6, 6.07) is 2.28. The second-order valence-corrected chi connectivity index (χ2v) is 4.59. The lowest BCUT2D eigenvalue weighted by molar-refractivity contribution is 0.00198. The van der Waals surface area contributed by atoms with Crippen molar-refractivity contribution in [2.45, 2.75) is 58.0 Å². The van der Waals surface area contributed by atoms with Gasteiger partial charge < -0.3 is 5.11 Å². The van der Waals surface area contributed by atoms with E-state index in [2.05, 4.69) is 19.9 Å². The second-order valence-electron chi connectivity index (χ2n) is 4.59. The zero-order chi connectivity index (χ0) is 10.6. The number of nitrogens with zero attached hydrogens (tertiary/aromatic N) is 1. The van der Waals surface area contributed by atoms with Crippen LogP contribution in [0.25, 0.3) is 0 Å². The van der Waals surface area contributed by atoms with Gasteiger partial charge in [-0.15, -0.1) is 0 Å². The highest BCUT2D eigenvalue weighted by Crippen LogP contribution is 2.42. The van der Waals surface area contributed by atoms with Gasteiger partial charge in [0.1, 0.15) is 0 Å². The fraction of sp³-hybridized carbons (Fsp3) is 0.917. The number of hydrogen-bond acceptors (Lipinski definition) is 2. The Morgan fingerprint density at radius 3 is 2.71 bits per heavy atom. The predicted molar refractivity (Wildman–Crippen MR) is 56.6 cm³/mol. The van der Waals surface area contributed by atoms with E-state index in [9.17, 15) is 5.11 Å². The third kappa shape index (κ3) is 2.27. The van der Waals surface area contributed by atoms with Gasteiger partial charge in [0, 0.05) is 0 Å². The van der Waals surface area contributed by atoms with Crippen LogP contribution in [-0.4, -0.2) is 10.7 Å². The topological polar surface area (TPSA) is 44.0 Å². The van der Waals surface area contributed by atoms with E-state index in [4.69, 9.17) is 5.26 Å². The standard InChI is InChI=1S/C12H21NO/c1-3-5-11(9-13)12(14)7-6-10(4-2)8-12/h10-11,14H,3-8H2,1-2H3. The third-order valence-electron chi connectivity index (χ3n) is 3.59. The molecule has 1 fully saturated rings. The summed E-state index contributed by atoms with van der Waals surface area (Å²) >= 11 is 0. The molecule has 0 aromatic heterocycles. The molecule has 0 aromatic carbocycles. The maximum Gasteiger partial charge on any atom is 0.0808 e. The summed E-state index contributed by atoms with van der Waals surface area (Å²) in [5.74, 6) is 0.483. The minimum Gasteiger partial charge on any atom is -0.389 e. The Bertz CT molecular complexity index is 221. The molecule has 14 heavy (non-hydrogen) atoms. The van der Waals surface area contributed by atoms with Crippen molar-refractivity contribution in [3.63, 3.8) is 0 Å². The lowest BCUT2D eigenvalue weighted by Crippen LogP contribution is -2.34. The molecular weight excluding hydrogens is 174 g/mol. The van der Waals surface area contributed by atoms with E-state index < -0.39 is 5.60 Å². The molecule has 1 saturated carbocycles. The molecule has 2 nitrogen and oxygen atoms in total. The van der Waals surface area contributed by atoms with Gasteiger partial charge in [-0.25, -0.2) is 0 Å². The van der Waals surface area contributed by atoms with Gasteiger partial charge in [-0.2, -0.15) is 5.26 Å². The first kappa shape index (κ1) is 11.5. The van der Waals surface area contributed by atoms with Gasteiger partial charge in [-0.3, -0.25) is 0 Å². The minimum absolute atomic E-state index is 0.149. The lowest BCUT2D eigenvalue weighted by atomic mass is 9.83. The van der Waals surface area contributed by atoms with E-state index in [0.29, 0.717) is 5.92 Å². The van der Waals surface area contributed by atoms with Gasteiger partial charge in [-0.1, -0.05) is 26.7 Å². The van der Waals surface area contributed by atoms with Gasteiger partial charge >= 0.3 is 0 Å². The van der Waals surface area contributed by atoms with Crippen LogP contribution in [0.2, 0.25) is 0 Å². The Morgan fingerprint density at radius 2 is 2.29 bits per heavy atom. The first-order valence-electron chi connectivity index (χ1n) is 5.78. The van der Waals surface area contributed by atoms with E-state index in [1.807, 2.05) is 0 Å². The summed E-state index contributed by atoms with van der Waals surface area (Å²) < 4.78 is 0. The Balaban J connectivity index is 2.61. The Kier molecular flexibility index (Phi) is 3.95. The van der Waals surface area contributed by atoms with E-state index >= 15 is 0 Å². The molecule has 0 spiro atoms. The van der Waals surface area contributed by atoms with Crippen molar-refractivity contribution in [2.24, 2.45) is 11.8 Å². The van der Waals surface area contributed by atoms with Gasteiger partial charge in [-0.05, 0) is 31.6 Å². The van der Waals surface area contributed by atoms with Crippen LogP contribution in [0.3, 0.4) is 0 Å². The van der Waals surface area contributed by atoms with Crippen molar-refractivity contribution < 1.29 is 5.11 Å². The van der Waals surface area contributed by atoms with Crippen LogP contribution >= 0.6 is 0 Å². The molecule has 2 heteroatoms. The number of nitriles is 1. The van der Waals surface area contributed by atoms with Crippen molar-refractivity contribution in [2.75, 3.05) is 0 Å². The summed E-state index contributed by atoms with van der Waals surface area (Å²) in [6.45, 7) is 4.23. The fourth-order valence-electron chi connectivity index (χ4n) is 2.57. The molecule has 80 valence electrons. The quantitative estimate of drug-likeness (QED) is 0.749. The highest BCUT2D eigenvalue weighted by Gasteiger charge is 2.42. The molecule has 0 amide bonds. The first-order chi connectivity index (χ1) is 6.66. The Labute approximate surface area is 86.9 Å². The van der Waals surface area contributed by atoms with Crippen LogP contribution in [-0.2, 0) is 0 Å². The summed E-state index contributed by atoms with van der Waals surface area (Å²) in [7, 11) is 0. The largest absolute Gasteiger partial charge is 0.389 e. The average molecular weight is 195 g/mol.